The SMILES string of the molecule is COCCN(CCOC)C(=O)CCc1c(C)noc1C. The van der Waals surface area contributed by atoms with E-state index in [0.29, 0.717) is 39.1 Å². The molecular formula is C14H24N2O4. The van der Waals surface area contributed by atoms with Crippen LogP contribution in [0, 0.1) is 13.8 Å². The fourth-order valence-electron chi connectivity index (χ4n) is 2.01. The van der Waals surface area contributed by atoms with Gasteiger partial charge in [-0.3, -0.25) is 4.79 Å². The molecule has 0 aromatic carbocycles. The number of hydrogen-bond acceptors (Lipinski definition) is 5. The molecule has 0 bridgehead atoms. The molecule has 0 aliphatic rings. The Labute approximate surface area is 120 Å². The molecule has 0 aliphatic carbocycles. The van der Waals surface area contributed by atoms with Crippen molar-refractivity contribution in [1.29, 1.82) is 0 Å². The molecule has 0 spiro atoms. The van der Waals surface area contributed by atoms with Crippen molar-refractivity contribution < 1.29 is 18.8 Å². The van der Waals surface area contributed by atoms with Crippen LogP contribution in [0.25, 0.3) is 0 Å². The summed E-state index contributed by atoms with van der Waals surface area (Å²) >= 11 is 0. The monoisotopic (exact) mass is 284 g/mol. The molecule has 1 amide bonds. The Morgan fingerprint density at radius 1 is 1.20 bits per heavy atom. The molecule has 0 atom stereocenters. The maximum atomic E-state index is 12.2. The lowest BCUT2D eigenvalue weighted by Gasteiger charge is -2.22. The highest BCUT2D eigenvalue weighted by Gasteiger charge is 2.16. The first-order valence-electron chi connectivity index (χ1n) is 6.77. The van der Waals surface area contributed by atoms with Gasteiger partial charge in [0.2, 0.25) is 5.91 Å². The van der Waals surface area contributed by atoms with Crippen molar-refractivity contribution in [3.63, 3.8) is 0 Å². The van der Waals surface area contributed by atoms with E-state index in [0.717, 1.165) is 17.0 Å². The van der Waals surface area contributed by atoms with Gasteiger partial charge < -0.3 is 18.9 Å². The first kappa shape index (κ1) is 16.7. The molecule has 1 aromatic rings. The van der Waals surface area contributed by atoms with Crippen molar-refractivity contribution >= 4 is 5.91 Å². The molecule has 20 heavy (non-hydrogen) atoms. The number of methoxy groups -OCH3 is 2. The second-order valence-electron chi connectivity index (χ2n) is 4.67. The standard InChI is InChI=1S/C14H24N2O4/c1-11-13(12(2)20-15-11)5-6-14(17)16(7-9-18-3)8-10-19-4/h5-10H2,1-4H3. The topological polar surface area (TPSA) is 64.8 Å². The van der Waals surface area contributed by atoms with E-state index >= 15 is 0 Å². The third-order valence-electron chi connectivity index (χ3n) is 3.25. The van der Waals surface area contributed by atoms with Gasteiger partial charge in [0.1, 0.15) is 5.76 Å². The molecule has 6 heteroatoms. The summed E-state index contributed by atoms with van der Waals surface area (Å²) in [6.45, 7) is 5.99. The van der Waals surface area contributed by atoms with E-state index < -0.39 is 0 Å². The molecule has 0 radical (unpaired) electrons. The molecule has 0 aliphatic heterocycles. The number of aromatic nitrogens is 1. The number of carbonyl (C=O) groups excluding carboxylic acids is 1. The summed E-state index contributed by atoms with van der Waals surface area (Å²) in [6.07, 6.45) is 1.09. The molecule has 0 N–H and O–H groups in total. The molecule has 1 rings (SSSR count). The number of hydrogen-bond donors (Lipinski definition) is 0. The quantitative estimate of drug-likeness (QED) is 0.685. The van der Waals surface area contributed by atoms with E-state index in [4.69, 9.17) is 14.0 Å². The van der Waals surface area contributed by atoms with E-state index in [1.54, 1.807) is 19.1 Å². The van der Waals surface area contributed by atoms with Gasteiger partial charge in [-0.05, 0) is 20.3 Å². The Morgan fingerprint density at radius 3 is 2.25 bits per heavy atom. The van der Waals surface area contributed by atoms with Gasteiger partial charge in [0.15, 0.2) is 0 Å². The van der Waals surface area contributed by atoms with Crippen LogP contribution in [0.4, 0.5) is 0 Å². The minimum Gasteiger partial charge on any atom is -0.383 e. The van der Waals surface area contributed by atoms with Crippen molar-refractivity contribution in [3.8, 4) is 0 Å². The summed E-state index contributed by atoms with van der Waals surface area (Å²) in [6, 6.07) is 0. The van der Waals surface area contributed by atoms with Crippen LogP contribution in [0.15, 0.2) is 4.52 Å². The maximum Gasteiger partial charge on any atom is 0.223 e. The van der Waals surface area contributed by atoms with Crippen LogP contribution in [-0.4, -0.2) is 56.5 Å². The first-order chi connectivity index (χ1) is 9.60. The van der Waals surface area contributed by atoms with Gasteiger partial charge in [-0.25, -0.2) is 0 Å². The molecular weight excluding hydrogens is 260 g/mol. The molecule has 1 heterocycles. The zero-order valence-electron chi connectivity index (χ0n) is 12.8. The number of carbonyl (C=O) groups is 1. The van der Waals surface area contributed by atoms with Crippen LogP contribution in [0.5, 0.6) is 0 Å². The van der Waals surface area contributed by atoms with Gasteiger partial charge in [-0.1, -0.05) is 5.16 Å². The molecule has 0 saturated carbocycles. The van der Waals surface area contributed by atoms with E-state index in [-0.39, 0.29) is 5.91 Å². The lowest BCUT2D eigenvalue weighted by atomic mass is 10.1. The Kier molecular flexibility index (Phi) is 7.25. The minimum atomic E-state index is 0.0964. The largest absolute Gasteiger partial charge is 0.383 e. The minimum absolute atomic E-state index is 0.0964. The Morgan fingerprint density at radius 2 is 1.80 bits per heavy atom. The number of nitrogens with zero attached hydrogens (tertiary/aromatic N) is 2. The van der Waals surface area contributed by atoms with Crippen LogP contribution in [0.1, 0.15) is 23.4 Å². The van der Waals surface area contributed by atoms with Crippen LogP contribution >= 0.6 is 0 Å². The zero-order valence-corrected chi connectivity index (χ0v) is 12.8. The zero-order chi connectivity index (χ0) is 15.0. The third-order valence-corrected chi connectivity index (χ3v) is 3.25. The number of rotatable bonds is 9. The Balaban J connectivity index is 2.52. The highest BCUT2D eigenvalue weighted by molar-refractivity contribution is 5.76. The summed E-state index contributed by atoms with van der Waals surface area (Å²) in [5, 5.41) is 3.90. The van der Waals surface area contributed by atoms with Gasteiger partial charge in [-0.2, -0.15) is 0 Å². The number of amides is 1. The van der Waals surface area contributed by atoms with E-state index in [2.05, 4.69) is 5.16 Å². The van der Waals surface area contributed by atoms with Crippen molar-refractivity contribution in [2.45, 2.75) is 26.7 Å². The van der Waals surface area contributed by atoms with Gasteiger partial charge in [0.25, 0.3) is 0 Å². The van der Waals surface area contributed by atoms with Gasteiger partial charge in [0, 0.05) is 39.3 Å². The van der Waals surface area contributed by atoms with Gasteiger partial charge >= 0.3 is 0 Å². The number of ether oxygens (including phenoxy) is 2. The second-order valence-corrected chi connectivity index (χ2v) is 4.67. The van der Waals surface area contributed by atoms with Crippen molar-refractivity contribution in [2.24, 2.45) is 0 Å². The molecule has 0 fully saturated rings. The third kappa shape index (κ3) is 4.94. The Bertz CT molecular complexity index is 390. The number of aryl methyl sites for hydroxylation is 2. The van der Waals surface area contributed by atoms with Crippen molar-refractivity contribution in [2.75, 3.05) is 40.5 Å². The average Bonchev–Trinajstić information content (AvgIpc) is 2.75. The van der Waals surface area contributed by atoms with Crippen molar-refractivity contribution in [1.82, 2.24) is 10.1 Å². The highest BCUT2D eigenvalue weighted by atomic mass is 16.5. The van der Waals surface area contributed by atoms with Crippen LogP contribution in [-0.2, 0) is 20.7 Å². The van der Waals surface area contributed by atoms with Crippen LogP contribution in [0.2, 0.25) is 0 Å². The first-order valence-corrected chi connectivity index (χ1v) is 6.77. The summed E-state index contributed by atoms with van der Waals surface area (Å²) in [7, 11) is 3.26. The van der Waals surface area contributed by atoms with E-state index in [1.165, 1.54) is 0 Å². The molecule has 1 aromatic heterocycles. The summed E-state index contributed by atoms with van der Waals surface area (Å²) in [5.41, 5.74) is 1.88. The molecule has 0 unspecified atom stereocenters. The van der Waals surface area contributed by atoms with Crippen LogP contribution < -0.4 is 0 Å². The molecule has 6 nitrogen and oxygen atoms in total. The smallest absolute Gasteiger partial charge is 0.223 e. The van der Waals surface area contributed by atoms with Gasteiger partial charge in [-0.15, -0.1) is 0 Å². The summed E-state index contributed by atoms with van der Waals surface area (Å²) in [5.74, 6) is 0.884. The van der Waals surface area contributed by atoms with E-state index in [9.17, 15) is 4.79 Å². The fourth-order valence-corrected chi connectivity index (χ4v) is 2.01. The van der Waals surface area contributed by atoms with E-state index in [1.807, 2.05) is 13.8 Å². The second kappa shape index (κ2) is 8.71. The average molecular weight is 284 g/mol. The lowest BCUT2D eigenvalue weighted by molar-refractivity contribution is -0.132. The normalized spacial score (nSPS) is 10.8. The highest BCUT2D eigenvalue weighted by Crippen LogP contribution is 2.14. The van der Waals surface area contributed by atoms with Crippen molar-refractivity contribution in [3.05, 3.63) is 17.0 Å². The maximum absolute atomic E-state index is 12.2. The van der Waals surface area contributed by atoms with Crippen LogP contribution in [0.3, 0.4) is 0 Å². The molecule has 0 saturated heterocycles. The molecule has 114 valence electrons. The predicted molar refractivity (Wildman–Crippen MR) is 74.6 cm³/mol. The summed E-state index contributed by atoms with van der Waals surface area (Å²) in [4.78, 5) is 14.0. The Hall–Kier alpha value is -1.40. The lowest BCUT2D eigenvalue weighted by Crippen LogP contribution is -2.36. The fraction of sp³-hybridized carbons (Fsp3) is 0.714. The summed E-state index contributed by atoms with van der Waals surface area (Å²) < 4.78 is 15.2. The van der Waals surface area contributed by atoms with Gasteiger partial charge in [0.05, 0.1) is 18.9 Å². The predicted octanol–water partition coefficient (Wildman–Crippen LogP) is 1.35.